The van der Waals surface area contributed by atoms with Crippen molar-refractivity contribution >= 4 is 22.6 Å². The molecule has 1 aromatic rings. The Morgan fingerprint density at radius 3 is 2.75 bits per heavy atom. The predicted molar refractivity (Wildman–Crippen MR) is 48.5 cm³/mol. The van der Waals surface area contributed by atoms with E-state index in [1.165, 1.54) is 13.3 Å². The van der Waals surface area contributed by atoms with Crippen molar-refractivity contribution in [2.24, 2.45) is 0 Å². The number of ether oxygens (including phenoxy) is 1. The van der Waals surface area contributed by atoms with Gasteiger partial charge in [-0.15, -0.1) is 0 Å². The quantitative estimate of drug-likeness (QED) is 0.779. The highest BCUT2D eigenvalue weighted by Gasteiger charge is 2.15. The Morgan fingerprint density at radius 1 is 1.58 bits per heavy atom. The molecule has 2 nitrogen and oxygen atoms in total. The van der Waals surface area contributed by atoms with Crippen LogP contribution in [0.1, 0.15) is 12.1 Å². The van der Waals surface area contributed by atoms with E-state index in [2.05, 4.69) is 4.98 Å². The summed E-state index contributed by atoms with van der Waals surface area (Å²) in [5.41, 5.74) is -0.227. The van der Waals surface area contributed by atoms with Crippen molar-refractivity contribution < 1.29 is 13.5 Å². The van der Waals surface area contributed by atoms with Crippen LogP contribution in [0.4, 0.5) is 8.78 Å². The summed E-state index contributed by atoms with van der Waals surface area (Å²) < 4.78 is 29.7. The molecule has 0 spiro atoms. The minimum Gasteiger partial charge on any atom is -0.496 e. The maximum atomic E-state index is 12.2. The minimum absolute atomic E-state index is 0.227. The number of halogens is 3. The molecule has 0 fully saturated rings. The smallest absolute Gasteiger partial charge is 0.281 e. The zero-order valence-corrected chi connectivity index (χ0v) is 8.38. The van der Waals surface area contributed by atoms with Crippen molar-refractivity contribution in [3.05, 3.63) is 21.5 Å². The number of nitrogens with zero attached hydrogens (tertiary/aromatic N) is 1. The monoisotopic (exact) mass is 285 g/mol. The molecule has 0 saturated heterocycles. The van der Waals surface area contributed by atoms with E-state index in [-0.39, 0.29) is 5.69 Å². The largest absolute Gasteiger partial charge is 0.496 e. The summed E-state index contributed by atoms with van der Waals surface area (Å²) in [6.07, 6.45) is -1.24. The molecule has 66 valence electrons. The van der Waals surface area contributed by atoms with Gasteiger partial charge in [-0.1, -0.05) is 0 Å². The molecule has 1 heterocycles. The standard InChI is InChI=1S/C7H6F2INO/c1-12-4-2-3-11-6(5(4)10)7(8)9/h2-3,7H,1H3. The van der Waals surface area contributed by atoms with Crippen molar-refractivity contribution in [3.63, 3.8) is 0 Å². The van der Waals surface area contributed by atoms with Crippen LogP contribution in [0.15, 0.2) is 12.3 Å². The first-order valence-electron chi connectivity index (χ1n) is 3.13. The van der Waals surface area contributed by atoms with Gasteiger partial charge in [0.15, 0.2) is 0 Å². The molecule has 0 bridgehead atoms. The molecule has 0 unspecified atom stereocenters. The van der Waals surface area contributed by atoms with Crippen LogP contribution in [0.5, 0.6) is 5.75 Å². The molecule has 0 N–H and O–H groups in total. The molecular weight excluding hydrogens is 279 g/mol. The number of methoxy groups -OCH3 is 1. The van der Waals surface area contributed by atoms with E-state index < -0.39 is 6.43 Å². The Kier molecular flexibility index (Phi) is 3.19. The summed E-state index contributed by atoms with van der Waals surface area (Å²) >= 11 is 1.79. The fourth-order valence-corrected chi connectivity index (χ4v) is 1.53. The summed E-state index contributed by atoms with van der Waals surface area (Å²) in [5.74, 6) is 0.431. The van der Waals surface area contributed by atoms with Gasteiger partial charge in [0.2, 0.25) is 0 Å². The van der Waals surface area contributed by atoms with Crippen LogP contribution in [0.25, 0.3) is 0 Å². The van der Waals surface area contributed by atoms with Gasteiger partial charge >= 0.3 is 0 Å². The van der Waals surface area contributed by atoms with Gasteiger partial charge in [-0.3, -0.25) is 4.98 Å². The summed E-state index contributed by atoms with van der Waals surface area (Å²) in [6, 6.07) is 1.55. The summed E-state index contributed by atoms with van der Waals surface area (Å²) in [5, 5.41) is 0. The van der Waals surface area contributed by atoms with E-state index in [1.807, 2.05) is 0 Å². The molecule has 0 aliphatic rings. The normalized spacial score (nSPS) is 10.4. The average Bonchev–Trinajstić information content (AvgIpc) is 2.04. The van der Waals surface area contributed by atoms with E-state index in [9.17, 15) is 8.78 Å². The molecule has 0 aliphatic heterocycles. The lowest BCUT2D eigenvalue weighted by molar-refractivity contribution is 0.144. The molecule has 0 saturated carbocycles. The first kappa shape index (κ1) is 9.63. The lowest BCUT2D eigenvalue weighted by Crippen LogP contribution is -1.97. The maximum Gasteiger partial charge on any atom is 0.281 e. The molecule has 0 aromatic carbocycles. The number of hydrogen-bond acceptors (Lipinski definition) is 2. The molecule has 0 aliphatic carbocycles. The summed E-state index contributed by atoms with van der Waals surface area (Å²) in [4.78, 5) is 3.55. The van der Waals surface area contributed by atoms with E-state index in [4.69, 9.17) is 4.74 Å². The number of alkyl halides is 2. The van der Waals surface area contributed by atoms with Gasteiger partial charge < -0.3 is 4.74 Å². The van der Waals surface area contributed by atoms with E-state index >= 15 is 0 Å². The van der Waals surface area contributed by atoms with Crippen molar-refractivity contribution in [2.45, 2.75) is 6.43 Å². The van der Waals surface area contributed by atoms with Gasteiger partial charge in [0.05, 0.1) is 10.7 Å². The Labute approximate surface area is 82.1 Å². The lowest BCUT2D eigenvalue weighted by Gasteiger charge is -2.06. The van der Waals surface area contributed by atoms with Gasteiger partial charge in [-0.2, -0.15) is 0 Å². The zero-order valence-electron chi connectivity index (χ0n) is 6.22. The highest BCUT2D eigenvalue weighted by molar-refractivity contribution is 14.1. The third kappa shape index (κ3) is 1.82. The Balaban J connectivity index is 3.14. The number of pyridine rings is 1. The maximum absolute atomic E-state index is 12.2. The highest BCUT2D eigenvalue weighted by Crippen LogP contribution is 2.28. The Morgan fingerprint density at radius 2 is 2.25 bits per heavy atom. The lowest BCUT2D eigenvalue weighted by atomic mass is 10.3. The van der Waals surface area contributed by atoms with E-state index in [0.717, 1.165) is 0 Å². The number of hydrogen-bond donors (Lipinski definition) is 0. The van der Waals surface area contributed by atoms with Crippen LogP contribution in [-0.4, -0.2) is 12.1 Å². The minimum atomic E-state index is -2.55. The van der Waals surface area contributed by atoms with E-state index in [0.29, 0.717) is 9.32 Å². The third-order valence-electron chi connectivity index (χ3n) is 1.31. The Hall–Kier alpha value is -0.460. The van der Waals surface area contributed by atoms with Gasteiger partial charge in [0, 0.05) is 6.20 Å². The first-order valence-corrected chi connectivity index (χ1v) is 4.21. The molecule has 1 rings (SSSR count). The van der Waals surface area contributed by atoms with Crippen molar-refractivity contribution in [1.29, 1.82) is 0 Å². The molecule has 5 heteroatoms. The molecule has 0 amide bonds. The first-order chi connectivity index (χ1) is 5.66. The van der Waals surface area contributed by atoms with E-state index in [1.54, 1.807) is 28.7 Å². The van der Waals surface area contributed by atoms with Crippen LogP contribution < -0.4 is 4.74 Å². The van der Waals surface area contributed by atoms with Gasteiger partial charge in [-0.05, 0) is 28.7 Å². The van der Waals surface area contributed by atoms with Crippen molar-refractivity contribution in [3.8, 4) is 5.75 Å². The summed E-state index contributed by atoms with van der Waals surface area (Å²) in [7, 11) is 1.44. The zero-order chi connectivity index (χ0) is 9.14. The highest BCUT2D eigenvalue weighted by atomic mass is 127. The average molecular weight is 285 g/mol. The molecule has 0 radical (unpaired) electrons. The second-order valence-electron chi connectivity index (χ2n) is 2.01. The second kappa shape index (κ2) is 3.97. The molecule has 1 aromatic heterocycles. The van der Waals surface area contributed by atoms with Gasteiger partial charge in [-0.25, -0.2) is 8.78 Å². The van der Waals surface area contributed by atoms with Gasteiger partial charge in [0.25, 0.3) is 6.43 Å². The molecule has 0 atom stereocenters. The fourth-order valence-electron chi connectivity index (χ4n) is 0.751. The number of aromatic nitrogens is 1. The van der Waals surface area contributed by atoms with Crippen LogP contribution in [0.3, 0.4) is 0 Å². The summed E-state index contributed by atoms with van der Waals surface area (Å²) in [6.45, 7) is 0. The molecule has 12 heavy (non-hydrogen) atoms. The fraction of sp³-hybridized carbons (Fsp3) is 0.286. The van der Waals surface area contributed by atoms with Crippen molar-refractivity contribution in [2.75, 3.05) is 7.11 Å². The van der Waals surface area contributed by atoms with Crippen LogP contribution in [-0.2, 0) is 0 Å². The van der Waals surface area contributed by atoms with Crippen LogP contribution in [0, 0.1) is 3.57 Å². The molecular formula is C7H6F2INO. The van der Waals surface area contributed by atoms with Gasteiger partial charge in [0.1, 0.15) is 11.4 Å². The Bertz CT molecular complexity index is 280. The third-order valence-corrected chi connectivity index (χ3v) is 2.39. The predicted octanol–water partition coefficient (Wildman–Crippen LogP) is 2.63. The SMILES string of the molecule is COc1ccnc(C(F)F)c1I. The second-order valence-corrected chi connectivity index (χ2v) is 3.09. The topological polar surface area (TPSA) is 22.1 Å². The number of rotatable bonds is 2. The van der Waals surface area contributed by atoms with Crippen molar-refractivity contribution in [1.82, 2.24) is 4.98 Å². The van der Waals surface area contributed by atoms with Crippen LogP contribution in [0.2, 0.25) is 0 Å². The van der Waals surface area contributed by atoms with Crippen LogP contribution >= 0.6 is 22.6 Å².